The Morgan fingerprint density at radius 2 is 1.82 bits per heavy atom. The fourth-order valence-electron chi connectivity index (χ4n) is 6.57. The molecule has 2 aliphatic heterocycles. The van der Waals surface area contributed by atoms with Gasteiger partial charge in [0.05, 0.1) is 12.0 Å². The number of carbonyl (C=O) groups excluding carboxylic acids is 2. The summed E-state index contributed by atoms with van der Waals surface area (Å²) < 4.78 is 0. The second-order valence-corrected chi connectivity index (χ2v) is 12.3. The van der Waals surface area contributed by atoms with Crippen LogP contribution in [0.5, 0.6) is 0 Å². The number of amides is 2. The van der Waals surface area contributed by atoms with Gasteiger partial charge in [0.25, 0.3) is 0 Å². The summed E-state index contributed by atoms with van der Waals surface area (Å²) in [6.07, 6.45) is 8.69. The first-order valence-electron chi connectivity index (χ1n) is 14.2. The van der Waals surface area contributed by atoms with Gasteiger partial charge in [0.15, 0.2) is 0 Å². The number of aromatic nitrogens is 1. The van der Waals surface area contributed by atoms with Gasteiger partial charge < -0.3 is 10.4 Å². The van der Waals surface area contributed by atoms with Crippen molar-refractivity contribution in [3.8, 4) is 0 Å². The first-order valence-corrected chi connectivity index (χ1v) is 14.2. The summed E-state index contributed by atoms with van der Waals surface area (Å²) in [6, 6.07) is 9.96. The lowest BCUT2D eigenvalue weighted by Gasteiger charge is -2.36. The van der Waals surface area contributed by atoms with Crippen LogP contribution in [0.25, 0.3) is 4.95 Å². The second kappa shape index (κ2) is 11.0. The molecule has 3 fully saturated rings. The molecule has 5 rings (SSSR count). The van der Waals surface area contributed by atoms with E-state index < -0.39 is 18.1 Å². The number of hydrogen-bond acceptors (Lipinski definition) is 5. The number of hydrogen-bond donors (Lipinski definition) is 2. The average molecular weight is 530 g/mol. The average Bonchev–Trinajstić information content (AvgIpc) is 3.45. The molecule has 5 atom stereocenters. The summed E-state index contributed by atoms with van der Waals surface area (Å²) in [6.45, 7) is 14.1. The van der Waals surface area contributed by atoms with Crippen molar-refractivity contribution >= 4 is 17.5 Å². The van der Waals surface area contributed by atoms with Gasteiger partial charge in [0.1, 0.15) is 18.1 Å². The summed E-state index contributed by atoms with van der Waals surface area (Å²) in [5.74, 6) is -0.899. The van der Waals surface area contributed by atoms with Gasteiger partial charge in [-0.3, -0.25) is 19.5 Å². The second-order valence-electron chi connectivity index (χ2n) is 12.3. The monoisotopic (exact) mass is 529 g/mol. The van der Waals surface area contributed by atoms with Crippen molar-refractivity contribution in [2.24, 2.45) is 5.92 Å². The van der Waals surface area contributed by atoms with E-state index in [0.717, 1.165) is 31.2 Å². The van der Waals surface area contributed by atoms with Gasteiger partial charge in [-0.05, 0) is 48.4 Å². The molecule has 39 heavy (non-hydrogen) atoms. The lowest BCUT2D eigenvalue weighted by Crippen LogP contribution is -2.50. The highest BCUT2D eigenvalue weighted by molar-refractivity contribution is 6.03. The van der Waals surface area contributed by atoms with Crippen LogP contribution in [0.15, 0.2) is 48.8 Å². The largest absolute Gasteiger partial charge is 0.391 e. The molecule has 2 amide bonds. The molecule has 8 nitrogen and oxygen atoms in total. The quantitative estimate of drug-likeness (QED) is 0.536. The Morgan fingerprint density at radius 3 is 2.41 bits per heavy atom. The van der Waals surface area contributed by atoms with Crippen LogP contribution in [0.3, 0.4) is 0 Å². The lowest BCUT2D eigenvalue weighted by molar-refractivity contribution is -0.129. The molecule has 3 aliphatic rings. The Morgan fingerprint density at radius 1 is 1.10 bits per heavy atom. The number of nitrogens with one attached hydrogen (secondary N) is 1. The number of aliphatic hydroxyl groups excluding tert-OH is 1. The zero-order valence-corrected chi connectivity index (χ0v) is 23.1. The summed E-state index contributed by atoms with van der Waals surface area (Å²) >= 11 is 0. The normalized spacial score (nSPS) is 25.7. The minimum Gasteiger partial charge on any atom is -0.391 e. The van der Waals surface area contributed by atoms with Gasteiger partial charge >= 0.3 is 0 Å². The first kappa shape index (κ1) is 27.1. The third-order valence-corrected chi connectivity index (χ3v) is 8.71. The number of carbonyl (C=O) groups is 2. The molecule has 1 aliphatic carbocycles. The van der Waals surface area contributed by atoms with E-state index in [2.05, 4.69) is 36.0 Å². The summed E-state index contributed by atoms with van der Waals surface area (Å²) in [5.41, 5.74) is 2.35. The van der Waals surface area contributed by atoms with E-state index in [9.17, 15) is 14.7 Å². The first-order chi connectivity index (χ1) is 18.7. The number of fused-ring (bicyclic) bond motifs is 2. The number of aliphatic hydroxyl groups is 1. The highest BCUT2D eigenvalue weighted by Crippen LogP contribution is 2.44. The predicted molar refractivity (Wildman–Crippen MR) is 149 cm³/mol. The van der Waals surface area contributed by atoms with Gasteiger partial charge in [-0.25, -0.2) is 0 Å². The maximum Gasteiger partial charge on any atom is 0.248 e. The molecule has 2 aromatic rings. The molecule has 206 valence electrons. The maximum absolute atomic E-state index is 14.5. The van der Waals surface area contributed by atoms with Crippen LogP contribution >= 0.6 is 0 Å². The van der Waals surface area contributed by atoms with E-state index in [-0.39, 0.29) is 35.4 Å². The molecule has 4 unspecified atom stereocenters. The molecule has 2 saturated heterocycles. The maximum atomic E-state index is 14.5. The fourth-order valence-corrected chi connectivity index (χ4v) is 6.57. The number of pyridine rings is 1. The van der Waals surface area contributed by atoms with Gasteiger partial charge in [0.2, 0.25) is 11.8 Å². The molecule has 0 spiro atoms. The van der Waals surface area contributed by atoms with E-state index in [1.165, 1.54) is 6.42 Å². The van der Waals surface area contributed by atoms with Crippen molar-refractivity contribution in [1.29, 1.82) is 0 Å². The smallest absolute Gasteiger partial charge is 0.248 e. The van der Waals surface area contributed by atoms with Gasteiger partial charge in [-0.15, -0.1) is 5.01 Å². The Kier molecular flexibility index (Phi) is 7.64. The highest BCUT2D eigenvalue weighted by Gasteiger charge is 2.59. The van der Waals surface area contributed by atoms with E-state index >= 15 is 0 Å². The van der Waals surface area contributed by atoms with Gasteiger partial charge in [-0.1, -0.05) is 58.2 Å². The standard InChI is InChI=1S/C31H39N5O3/c1-31(2,3)21-12-14-23(15-13-21)35(30(39)24-17-26-27(37)18-25(24)36(26)32-4)28(20-9-8-16-33-19-20)29(38)34-22-10-6-5-7-11-22/h8-9,12-16,19,22,24-28,37H,5-7,10-11,17-18H2,1-3H3,(H,34,38)/t24?,25?,26?,27-,28?/m0/s1. The zero-order valence-electron chi connectivity index (χ0n) is 23.1. The molecular formula is C31H39N5O3. The highest BCUT2D eigenvalue weighted by atomic mass is 16.3. The predicted octanol–water partition coefficient (Wildman–Crippen LogP) is 4.56. The van der Waals surface area contributed by atoms with Crippen molar-refractivity contribution in [3.63, 3.8) is 0 Å². The molecule has 1 saturated carbocycles. The van der Waals surface area contributed by atoms with Gasteiger partial charge in [0, 0.05) is 36.1 Å². The summed E-state index contributed by atoms with van der Waals surface area (Å²) in [5, 5.41) is 15.3. The molecule has 3 heterocycles. The SMILES string of the molecule is [C-]#[N+]N1C2C[C@H](O)C1CC2C(=O)N(c1ccc(C(C)(C)C)cc1)C(C(=O)NC1CCCCC1)c1cccnc1. The number of benzene rings is 1. The minimum atomic E-state index is -0.904. The number of rotatable bonds is 6. The molecule has 0 radical (unpaired) electrons. The number of nitrogens with zero attached hydrogens (tertiary/aromatic N) is 4. The third kappa shape index (κ3) is 5.38. The van der Waals surface area contributed by atoms with Crippen LogP contribution in [0, 0.1) is 12.5 Å². The minimum absolute atomic E-state index is 0.0641. The van der Waals surface area contributed by atoms with Crippen LogP contribution in [-0.4, -0.2) is 51.1 Å². The molecular weight excluding hydrogens is 490 g/mol. The van der Waals surface area contributed by atoms with E-state index in [4.69, 9.17) is 6.57 Å². The molecule has 2 bridgehead atoms. The Bertz CT molecular complexity index is 1210. The Balaban J connectivity index is 1.56. The third-order valence-electron chi connectivity index (χ3n) is 8.71. The number of anilines is 1. The van der Waals surface area contributed by atoms with E-state index in [1.54, 1.807) is 28.4 Å². The molecule has 1 aromatic heterocycles. The van der Waals surface area contributed by atoms with Gasteiger partial charge in [-0.2, -0.15) is 11.5 Å². The zero-order chi connectivity index (χ0) is 27.7. The van der Waals surface area contributed by atoms with Crippen LogP contribution in [0.4, 0.5) is 5.69 Å². The van der Waals surface area contributed by atoms with Crippen molar-refractivity contribution < 1.29 is 14.7 Å². The topological polar surface area (TPSA) is 90.1 Å². The summed E-state index contributed by atoms with van der Waals surface area (Å²) in [4.78, 5) is 38.1. The van der Waals surface area contributed by atoms with Crippen LogP contribution in [-0.2, 0) is 15.0 Å². The lowest BCUT2D eigenvalue weighted by atomic mass is 9.85. The van der Waals surface area contributed by atoms with Crippen LogP contribution in [0.2, 0.25) is 0 Å². The summed E-state index contributed by atoms with van der Waals surface area (Å²) in [7, 11) is 0. The van der Waals surface area contributed by atoms with Crippen LogP contribution in [0.1, 0.15) is 82.9 Å². The van der Waals surface area contributed by atoms with Crippen molar-refractivity contribution in [2.75, 3.05) is 4.90 Å². The van der Waals surface area contributed by atoms with E-state index in [0.29, 0.717) is 24.1 Å². The van der Waals surface area contributed by atoms with Crippen molar-refractivity contribution in [2.45, 2.75) is 101 Å². The van der Waals surface area contributed by atoms with Crippen LogP contribution < -0.4 is 10.2 Å². The van der Waals surface area contributed by atoms with Crippen molar-refractivity contribution in [3.05, 3.63) is 71.4 Å². The Labute approximate surface area is 231 Å². The van der Waals surface area contributed by atoms with Crippen molar-refractivity contribution in [1.82, 2.24) is 15.3 Å². The fraction of sp³-hybridized carbons (Fsp3) is 0.548. The van der Waals surface area contributed by atoms with E-state index in [1.807, 2.05) is 30.3 Å². The molecule has 8 heteroatoms. The molecule has 1 aromatic carbocycles. The Hall–Kier alpha value is -3.44. The molecule has 2 N–H and O–H groups in total.